The third kappa shape index (κ3) is 4.46. The van der Waals surface area contributed by atoms with Gasteiger partial charge < -0.3 is 14.4 Å². The first-order chi connectivity index (χ1) is 13.9. The molecule has 0 atom stereocenters. The van der Waals surface area contributed by atoms with Crippen molar-refractivity contribution < 1.29 is 19.4 Å². The van der Waals surface area contributed by atoms with Crippen molar-refractivity contribution in [2.24, 2.45) is 0 Å². The smallest absolute Gasteiger partial charge is 0.338 e. The molecule has 5 heteroatoms. The van der Waals surface area contributed by atoms with Gasteiger partial charge in [-0.05, 0) is 55.3 Å². The molecule has 29 heavy (non-hydrogen) atoms. The number of hydrogen-bond donors (Lipinski definition) is 1. The largest absolute Gasteiger partial charge is 0.508 e. The standard InChI is InChI=1S/C24H23NO4/c1-4-13-25-16(2)14-22(17(25)3)23(27)15-29-24(28)20-7-5-18(6-8-20)19-9-11-21(26)12-10-19/h4-12,14,26H,1,13,15H2,2-3H3. The number of aromatic hydroxyl groups is 1. The molecule has 0 saturated carbocycles. The molecule has 3 rings (SSSR count). The zero-order valence-electron chi connectivity index (χ0n) is 16.5. The number of hydrogen-bond acceptors (Lipinski definition) is 4. The molecule has 2 aromatic carbocycles. The maximum Gasteiger partial charge on any atom is 0.338 e. The summed E-state index contributed by atoms with van der Waals surface area (Å²) in [5.74, 6) is -0.582. The van der Waals surface area contributed by atoms with Gasteiger partial charge in [0, 0.05) is 23.5 Å². The number of carbonyl (C=O) groups excluding carboxylic acids is 2. The summed E-state index contributed by atoms with van der Waals surface area (Å²) in [4.78, 5) is 24.8. The first-order valence-corrected chi connectivity index (χ1v) is 9.28. The summed E-state index contributed by atoms with van der Waals surface area (Å²) >= 11 is 0. The van der Waals surface area contributed by atoms with E-state index in [1.165, 1.54) is 0 Å². The lowest BCUT2D eigenvalue weighted by atomic mass is 10.0. The van der Waals surface area contributed by atoms with Gasteiger partial charge in [0.25, 0.3) is 0 Å². The first kappa shape index (κ1) is 20.1. The van der Waals surface area contributed by atoms with Crippen LogP contribution in [-0.2, 0) is 11.3 Å². The van der Waals surface area contributed by atoms with E-state index in [-0.39, 0.29) is 18.1 Å². The molecule has 1 N–H and O–H groups in total. The number of phenols is 1. The molecule has 0 unspecified atom stereocenters. The Morgan fingerprint density at radius 1 is 1.03 bits per heavy atom. The molecule has 3 aromatic rings. The third-order valence-electron chi connectivity index (χ3n) is 4.84. The van der Waals surface area contributed by atoms with Crippen LogP contribution in [0.3, 0.4) is 0 Å². The minimum Gasteiger partial charge on any atom is -0.508 e. The molecule has 0 aliphatic rings. The molecule has 0 fully saturated rings. The Balaban J connectivity index is 1.65. The van der Waals surface area contributed by atoms with Crippen LogP contribution < -0.4 is 0 Å². The van der Waals surface area contributed by atoms with Gasteiger partial charge in [-0.3, -0.25) is 4.79 Å². The maximum atomic E-state index is 12.5. The van der Waals surface area contributed by atoms with Gasteiger partial charge >= 0.3 is 5.97 Å². The Morgan fingerprint density at radius 2 is 1.62 bits per heavy atom. The fraction of sp³-hybridized carbons (Fsp3) is 0.167. The van der Waals surface area contributed by atoms with E-state index < -0.39 is 5.97 Å². The van der Waals surface area contributed by atoms with Crippen molar-refractivity contribution in [2.75, 3.05) is 6.61 Å². The Hall–Kier alpha value is -3.60. The number of Topliss-reactive ketones (excluding diaryl/α,β-unsaturated/α-hetero) is 1. The van der Waals surface area contributed by atoms with Crippen LogP contribution in [0.25, 0.3) is 11.1 Å². The Bertz CT molecular complexity index is 1040. The minimum absolute atomic E-state index is 0.198. The second-order valence-corrected chi connectivity index (χ2v) is 6.81. The third-order valence-corrected chi connectivity index (χ3v) is 4.84. The number of allylic oxidation sites excluding steroid dienone is 1. The normalized spacial score (nSPS) is 10.6. The van der Waals surface area contributed by atoms with Crippen LogP contribution in [0.5, 0.6) is 5.75 Å². The lowest BCUT2D eigenvalue weighted by Crippen LogP contribution is -2.15. The molecule has 0 aliphatic heterocycles. The molecule has 0 radical (unpaired) electrons. The molecule has 0 saturated heterocycles. The molecule has 0 spiro atoms. The zero-order chi connectivity index (χ0) is 21.0. The lowest BCUT2D eigenvalue weighted by Gasteiger charge is -2.07. The average molecular weight is 389 g/mol. The van der Waals surface area contributed by atoms with Crippen molar-refractivity contribution in [1.29, 1.82) is 0 Å². The highest BCUT2D eigenvalue weighted by Crippen LogP contribution is 2.22. The lowest BCUT2D eigenvalue weighted by molar-refractivity contribution is 0.0474. The molecule has 148 valence electrons. The molecular formula is C24H23NO4. The summed E-state index contributed by atoms with van der Waals surface area (Å²) in [5.41, 5.74) is 4.56. The van der Waals surface area contributed by atoms with E-state index >= 15 is 0 Å². The minimum atomic E-state index is -0.546. The van der Waals surface area contributed by atoms with E-state index in [2.05, 4.69) is 6.58 Å². The van der Waals surface area contributed by atoms with E-state index in [4.69, 9.17) is 4.74 Å². The Kier molecular flexibility index (Phi) is 5.98. The number of ketones is 1. The van der Waals surface area contributed by atoms with Crippen LogP contribution in [-0.4, -0.2) is 28.0 Å². The van der Waals surface area contributed by atoms with Crippen molar-refractivity contribution in [1.82, 2.24) is 4.57 Å². The van der Waals surface area contributed by atoms with Crippen molar-refractivity contribution >= 4 is 11.8 Å². The number of aromatic nitrogens is 1. The summed E-state index contributed by atoms with van der Waals surface area (Å²) in [7, 11) is 0. The van der Waals surface area contributed by atoms with E-state index in [1.807, 2.05) is 18.4 Å². The summed E-state index contributed by atoms with van der Waals surface area (Å²) in [6.07, 6.45) is 1.77. The van der Waals surface area contributed by atoms with E-state index in [0.29, 0.717) is 17.7 Å². The van der Waals surface area contributed by atoms with Crippen LogP contribution in [0.2, 0.25) is 0 Å². The Morgan fingerprint density at radius 3 is 2.21 bits per heavy atom. The highest BCUT2D eigenvalue weighted by atomic mass is 16.5. The number of esters is 1. The molecule has 0 amide bonds. The summed E-state index contributed by atoms with van der Waals surface area (Å²) < 4.78 is 7.21. The van der Waals surface area contributed by atoms with Gasteiger partial charge in [0.15, 0.2) is 6.61 Å². The number of phenolic OH excluding ortho intramolecular Hbond substituents is 1. The van der Waals surface area contributed by atoms with Gasteiger partial charge in [-0.15, -0.1) is 6.58 Å². The van der Waals surface area contributed by atoms with Crippen molar-refractivity contribution in [3.05, 3.63) is 89.8 Å². The quantitative estimate of drug-likeness (QED) is 0.361. The van der Waals surface area contributed by atoms with E-state index in [1.54, 1.807) is 60.7 Å². The fourth-order valence-electron chi connectivity index (χ4n) is 3.24. The molecule has 0 aliphatic carbocycles. The number of benzene rings is 2. The van der Waals surface area contributed by atoms with Gasteiger partial charge in [0.1, 0.15) is 5.75 Å². The van der Waals surface area contributed by atoms with Gasteiger partial charge in [-0.2, -0.15) is 0 Å². The summed E-state index contributed by atoms with van der Waals surface area (Å²) in [5, 5.41) is 9.37. The van der Waals surface area contributed by atoms with Crippen molar-refractivity contribution in [2.45, 2.75) is 20.4 Å². The number of rotatable bonds is 7. The average Bonchev–Trinajstić information content (AvgIpc) is 3.01. The predicted octanol–water partition coefficient (Wildman–Crippen LogP) is 4.70. The van der Waals surface area contributed by atoms with Crippen LogP contribution in [0.4, 0.5) is 0 Å². The number of nitrogens with zero attached hydrogens (tertiary/aromatic N) is 1. The molecule has 0 bridgehead atoms. The topological polar surface area (TPSA) is 68.5 Å². The van der Waals surface area contributed by atoms with E-state index in [9.17, 15) is 14.7 Å². The van der Waals surface area contributed by atoms with Crippen molar-refractivity contribution in [3.8, 4) is 16.9 Å². The zero-order valence-corrected chi connectivity index (χ0v) is 16.5. The molecular weight excluding hydrogens is 366 g/mol. The number of carbonyl (C=O) groups is 2. The summed E-state index contributed by atoms with van der Waals surface area (Å²) in [6.45, 7) is 7.84. The van der Waals surface area contributed by atoms with Crippen LogP contribution in [0, 0.1) is 13.8 Å². The maximum absolute atomic E-state index is 12.5. The fourth-order valence-corrected chi connectivity index (χ4v) is 3.24. The van der Waals surface area contributed by atoms with Gasteiger partial charge in [0.2, 0.25) is 5.78 Å². The van der Waals surface area contributed by atoms with Gasteiger partial charge in [-0.25, -0.2) is 4.79 Å². The van der Waals surface area contributed by atoms with Crippen LogP contribution in [0.1, 0.15) is 32.1 Å². The summed E-state index contributed by atoms with van der Waals surface area (Å²) in [6, 6.07) is 15.5. The first-order valence-electron chi connectivity index (χ1n) is 9.28. The number of ether oxygens (including phenoxy) is 1. The molecule has 5 nitrogen and oxygen atoms in total. The second-order valence-electron chi connectivity index (χ2n) is 6.81. The molecule has 1 aromatic heterocycles. The monoisotopic (exact) mass is 389 g/mol. The van der Waals surface area contributed by atoms with Gasteiger partial charge in [0.05, 0.1) is 5.56 Å². The van der Waals surface area contributed by atoms with Gasteiger partial charge in [-0.1, -0.05) is 30.3 Å². The molecule has 1 heterocycles. The highest BCUT2D eigenvalue weighted by molar-refractivity contribution is 6.00. The van der Waals surface area contributed by atoms with Crippen molar-refractivity contribution in [3.63, 3.8) is 0 Å². The van der Waals surface area contributed by atoms with Crippen LogP contribution >= 0.6 is 0 Å². The Labute approximate surface area is 169 Å². The second kappa shape index (κ2) is 8.61. The SMILES string of the molecule is C=CCn1c(C)cc(C(=O)COC(=O)c2ccc(-c3ccc(O)cc3)cc2)c1C. The highest BCUT2D eigenvalue weighted by Gasteiger charge is 2.17. The number of aryl methyl sites for hydroxylation is 1. The predicted molar refractivity (Wildman–Crippen MR) is 112 cm³/mol. The van der Waals surface area contributed by atoms with E-state index in [0.717, 1.165) is 22.5 Å². The van der Waals surface area contributed by atoms with Crippen LogP contribution in [0.15, 0.2) is 67.3 Å².